The Morgan fingerprint density at radius 3 is 0.444 bits per heavy atom. The summed E-state index contributed by atoms with van der Waals surface area (Å²) < 4.78 is 103. The molecule has 0 amide bonds. The Hall–Kier alpha value is 2.63. The number of hydrogen-bond acceptors (Lipinski definition) is 12. The van der Waals surface area contributed by atoms with Crippen molar-refractivity contribution in [2.45, 2.75) is 0 Å². The predicted molar refractivity (Wildman–Crippen MR) is 11.2 cm³/mol. The summed E-state index contributed by atoms with van der Waals surface area (Å²) in [7, 11) is 0. The van der Waals surface area contributed by atoms with Crippen LogP contribution in [0.5, 0.6) is 0 Å². The van der Waals surface area contributed by atoms with Gasteiger partial charge < -0.3 is 0 Å². The molecule has 0 saturated heterocycles. The van der Waals surface area contributed by atoms with Gasteiger partial charge in [0.1, 0.15) is 0 Å². The zero-order valence-electron chi connectivity index (χ0n) is 7.52. The van der Waals surface area contributed by atoms with Crippen molar-refractivity contribution < 1.29 is 132 Å². The Balaban J connectivity index is -0.0000000257. The summed E-state index contributed by atoms with van der Waals surface area (Å²) in [5.74, 6) is 0. The van der Waals surface area contributed by atoms with E-state index in [-0.39, 0.29) is 44.1 Å². The molecule has 0 aliphatic carbocycles. The molecule has 3 radical (unpaired) electrons. The normalized spacial score (nSPS) is 5.56. The van der Waals surface area contributed by atoms with Gasteiger partial charge in [0.15, 0.2) is 0 Å². The number of hydrogen-bond donors (Lipinski definition) is 0. The van der Waals surface area contributed by atoms with Gasteiger partial charge in [0.25, 0.3) is 0 Å². The van der Waals surface area contributed by atoms with Crippen LogP contribution in [0.2, 0.25) is 0 Å². The third-order valence-corrected chi connectivity index (χ3v) is 0. The summed E-state index contributed by atoms with van der Waals surface area (Å²) in [6.07, 6.45) is 0. The van der Waals surface area contributed by atoms with Crippen LogP contribution in [0.1, 0.15) is 0 Å². The van der Waals surface area contributed by atoms with Crippen LogP contribution in [-0.4, -0.2) is 27.3 Å². The van der Waals surface area contributed by atoms with Gasteiger partial charge in [-0.25, -0.2) is 0 Å². The maximum atomic E-state index is 8.60. The first-order valence-electron chi connectivity index (χ1n) is 2.19. The average Bonchev–Trinajstić information content (AvgIpc) is 1.76. The Kier molecular flexibility index (Phi) is 65.7. The van der Waals surface area contributed by atoms with Crippen molar-refractivity contribution in [2.75, 3.05) is 0 Å². The van der Waals surface area contributed by atoms with Crippen molar-refractivity contribution in [3.8, 4) is 0 Å². The molecular weight excluding hydrogens is 830 g/mol. The van der Waals surface area contributed by atoms with E-state index in [1.165, 1.54) is 0 Å². The van der Waals surface area contributed by atoms with Crippen LogP contribution in [0.15, 0.2) is 0 Å². The molecule has 0 bridgehead atoms. The van der Waals surface area contributed by atoms with Gasteiger partial charge in [0.2, 0.25) is 0 Å². The fourth-order valence-electron chi connectivity index (χ4n) is 0. The maximum absolute atomic E-state index is 8.60. The molecule has 0 heterocycles. The molecule has 0 N–H and O–H groups in total. The van der Waals surface area contributed by atoms with Crippen LogP contribution in [0, 0.1) is 0 Å². The first-order valence-corrected chi connectivity index (χ1v) is 13.0. The second-order valence-electron chi connectivity index (χ2n) is 0.894. The van der Waals surface area contributed by atoms with E-state index in [2.05, 4.69) is 0 Å². The van der Waals surface area contributed by atoms with Crippen LogP contribution < -0.4 is 14.5 Å². The third-order valence-electron chi connectivity index (χ3n) is 0. The largest absolute Gasteiger partial charge is 2.00 e. The van der Waals surface area contributed by atoms with Crippen LogP contribution in [0.3, 0.4) is 0 Å². The average molecular weight is 830 g/mol. The predicted octanol–water partition coefficient (Wildman–Crippen LogP) is -6.10. The molecule has 0 aromatic rings. The van der Waals surface area contributed by atoms with Crippen molar-refractivity contribution in [1.82, 2.24) is 0 Å². The smallest absolute Gasteiger partial charge is 2.00 e. The van der Waals surface area contributed by atoms with Gasteiger partial charge in [-0.05, 0) is 0 Å². The van der Waals surface area contributed by atoms with Crippen molar-refractivity contribution >= 4 is 27.3 Å². The molecule has 0 aliphatic heterocycles. The van der Waals surface area contributed by atoms with Gasteiger partial charge in [-0.1, -0.05) is 0 Å². The first-order chi connectivity index (χ1) is 6.93. The molecule has 0 aliphatic rings. The molecule has 12 nitrogen and oxygen atoms in total. The van der Waals surface area contributed by atoms with Gasteiger partial charge >= 0.3 is 160 Å². The summed E-state index contributed by atoms with van der Waals surface area (Å²) in [5.41, 5.74) is 0. The molecule has 0 aromatic heterocycles. The second-order valence-corrected chi connectivity index (χ2v) is 5.29. The molecule has 0 atom stereocenters. The van der Waals surface area contributed by atoms with Gasteiger partial charge in [0.05, 0.1) is 0 Å². The topological polar surface area (TPSA) is 229 Å². The first kappa shape index (κ1) is 37.1. The van der Waals surface area contributed by atoms with Gasteiger partial charge in [-0.2, -0.15) is 0 Å². The van der Waals surface area contributed by atoms with Gasteiger partial charge in [-0.3, -0.25) is 0 Å². The minimum atomic E-state index is -4.20. The number of rotatable bonds is 0. The summed E-state index contributed by atoms with van der Waals surface area (Å²) in [6.45, 7) is 0. The Morgan fingerprint density at radius 2 is 0.444 bits per heavy atom. The van der Waals surface area contributed by atoms with Crippen molar-refractivity contribution in [3.05, 3.63) is 0 Å². The minimum absolute atomic E-state index is 0. The Morgan fingerprint density at radius 1 is 0.444 bits per heavy atom. The fraction of sp³-hybridized carbons (Fsp3) is 0. The molecule has 18 heteroatoms. The van der Waals surface area contributed by atoms with Crippen LogP contribution in [-0.2, 0) is 118 Å². The van der Waals surface area contributed by atoms with Gasteiger partial charge in [-0.15, -0.1) is 0 Å². The zero-order valence-corrected chi connectivity index (χ0v) is 21.2. The summed E-state index contributed by atoms with van der Waals surface area (Å²) >= 11 is -16.8. The molecule has 0 rings (SSSR count). The van der Waals surface area contributed by atoms with E-state index in [4.69, 9.17) is 40.5 Å². The van der Waals surface area contributed by atoms with E-state index in [1.54, 1.807) is 0 Å². The molecular formula is CoNb4O12Pb. The quantitative estimate of drug-likeness (QED) is 0.208. The van der Waals surface area contributed by atoms with Crippen molar-refractivity contribution in [2.24, 2.45) is 0 Å². The molecule has 105 valence electrons. The van der Waals surface area contributed by atoms with Crippen LogP contribution >= 0.6 is 0 Å². The minimum Gasteiger partial charge on any atom is 2.00 e. The monoisotopic (exact) mass is 830 g/mol. The van der Waals surface area contributed by atoms with Crippen molar-refractivity contribution in [1.29, 1.82) is 0 Å². The molecule has 0 aromatic carbocycles. The van der Waals surface area contributed by atoms with E-state index in [0.717, 1.165) is 0 Å². The van der Waals surface area contributed by atoms with Gasteiger partial charge in [0, 0.05) is 0 Å². The molecule has 18 heavy (non-hydrogen) atoms. The molecule has 0 saturated carbocycles. The molecule has 0 spiro atoms. The van der Waals surface area contributed by atoms with Crippen LogP contribution in [0.4, 0.5) is 0 Å². The standard InChI is InChI=1S/Co.4Nb.12O.Pb/q+2;;;;;;;;;;;;;4*-1;+2. The SMILES string of the molecule is [Co+2].[O]=[Nb](=[O])[O-].[O]=[Nb](=[O])[O-].[O]=[Nb](=[O])[O-].[O]=[Nb](=[O])[O-].[Pb+2]. The van der Waals surface area contributed by atoms with E-state index in [1.807, 2.05) is 0 Å². The Bertz CT molecular complexity index is 298. The van der Waals surface area contributed by atoms with E-state index < -0.39 is 75.1 Å². The van der Waals surface area contributed by atoms with E-state index in [9.17, 15) is 0 Å². The zero-order chi connectivity index (χ0) is 14.3. The third kappa shape index (κ3) is 837. The Labute approximate surface area is 157 Å². The molecule has 0 fully saturated rings. The maximum Gasteiger partial charge on any atom is 2.00 e. The fourth-order valence-corrected chi connectivity index (χ4v) is 0. The summed E-state index contributed by atoms with van der Waals surface area (Å²) in [6, 6.07) is 0. The second kappa shape index (κ2) is 31.8. The summed E-state index contributed by atoms with van der Waals surface area (Å²) in [5, 5.41) is 0. The molecule has 0 unspecified atom stereocenters. The summed E-state index contributed by atoms with van der Waals surface area (Å²) in [4.78, 5) is 0. The van der Waals surface area contributed by atoms with E-state index in [0.29, 0.717) is 0 Å². The van der Waals surface area contributed by atoms with Crippen molar-refractivity contribution in [3.63, 3.8) is 0 Å². The van der Waals surface area contributed by atoms with E-state index >= 15 is 0 Å². The van der Waals surface area contributed by atoms with Crippen LogP contribution in [0.25, 0.3) is 0 Å².